The van der Waals surface area contributed by atoms with E-state index in [1.807, 2.05) is 0 Å². The van der Waals surface area contributed by atoms with Crippen LogP contribution in [0.15, 0.2) is 22.7 Å². The molecule has 0 spiro atoms. The molecule has 0 aliphatic rings. The van der Waals surface area contributed by atoms with E-state index in [0.717, 1.165) is 12.1 Å². The summed E-state index contributed by atoms with van der Waals surface area (Å²) in [5.41, 5.74) is -1.00. The minimum Gasteiger partial charge on any atom is -0.355 e. The van der Waals surface area contributed by atoms with Crippen molar-refractivity contribution >= 4 is 27.7 Å². The first-order valence-corrected chi connectivity index (χ1v) is 6.40. The molecule has 8 heteroatoms. The third-order valence-corrected chi connectivity index (χ3v) is 3.01. The molecule has 2 N–H and O–H groups in total. The van der Waals surface area contributed by atoms with Crippen molar-refractivity contribution in [3.8, 4) is 0 Å². The first kappa shape index (κ1) is 16.5. The molecule has 0 unspecified atom stereocenters. The van der Waals surface area contributed by atoms with Crippen LogP contribution in [0.2, 0.25) is 0 Å². The van der Waals surface area contributed by atoms with Crippen LogP contribution in [0.1, 0.15) is 22.8 Å². The lowest BCUT2D eigenvalue weighted by molar-refractivity contribution is -0.137. The molecular formula is C12H12BrF3N2O2. The molecule has 0 saturated heterocycles. The summed E-state index contributed by atoms with van der Waals surface area (Å²) in [6.45, 7) is 1.66. The van der Waals surface area contributed by atoms with Gasteiger partial charge in [0.05, 0.1) is 11.1 Å². The molecule has 2 amide bonds. The SMILES string of the molecule is CC(=O)NCCNC(=O)c1cc(C(F)(F)F)ccc1Br. The van der Waals surface area contributed by atoms with Gasteiger partial charge < -0.3 is 10.6 Å². The number of hydrogen-bond acceptors (Lipinski definition) is 2. The number of amides is 2. The van der Waals surface area contributed by atoms with Crippen LogP contribution >= 0.6 is 15.9 Å². The smallest absolute Gasteiger partial charge is 0.355 e. The first-order chi connectivity index (χ1) is 9.21. The van der Waals surface area contributed by atoms with E-state index in [1.54, 1.807) is 0 Å². The van der Waals surface area contributed by atoms with Crippen molar-refractivity contribution in [3.05, 3.63) is 33.8 Å². The van der Waals surface area contributed by atoms with Gasteiger partial charge in [-0.2, -0.15) is 13.2 Å². The maximum Gasteiger partial charge on any atom is 0.416 e. The number of halogens is 4. The number of alkyl halides is 3. The number of rotatable bonds is 4. The highest BCUT2D eigenvalue weighted by atomic mass is 79.9. The van der Waals surface area contributed by atoms with Crippen molar-refractivity contribution < 1.29 is 22.8 Å². The second-order valence-electron chi connectivity index (χ2n) is 3.93. The van der Waals surface area contributed by atoms with Crippen LogP contribution in [0.3, 0.4) is 0 Å². The molecule has 0 saturated carbocycles. The lowest BCUT2D eigenvalue weighted by Gasteiger charge is -2.11. The largest absolute Gasteiger partial charge is 0.416 e. The van der Waals surface area contributed by atoms with Crippen molar-refractivity contribution in [3.63, 3.8) is 0 Å². The zero-order valence-corrected chi connectivity index (χ0v) is 12.1. The zero-order valence-electron chi connectivity index (χ0n) is 10.5. The van der Waals surface area contributed by atoms with Gasteiger partial charge in [-0.05, 0) is 34.1 Å². The summed E-state index contributed by atoms with van der Waals surface area (Å²) in [5, 5.41) is 4.88. The van der Waals surface area contributed by atoms with Gasteiger partial charge in [0.25, 0.3) is 5.91 Å². The summed E-state index contributed by atoms with van der Waals surface area (Å²) < 4.78 is 38.0. The van der Waals surface area contributed by atoms with Crippen LogP contribution in [0, 0.1) is 0 Å². The molecule has 1 rings (SSSR count). The number of nitrogens with one attached hydrogen (secondary N) is 2. The molecule has 0 aromatic heterocycles. The Morgan fingerprint density at radius 1 is 1.20 bits per heavy atom. The average Bonchev–Trinajstić information content (AvgIpc) is 2.33. The molecule has 110 valence electrons. The van der Waals surface area contributed by atoms with Gasteiger partial charge >= 0.3 is 6.18 Å². The van der Waals surface area contributed by atoms with Gasteiger partial charge in [-0.1, -0.05) is 0 Å². The Hall–Kier alpha value is -1.57. The van der Waals surface area contributed by atoms with E-state index >= 15 is 0 Å². The van der Waals surface area contributed by atoms with E-state index in [4.69, 9.17) is 0 Å². The van der Waals surface area contributed by atoms with Crippen LogP contribution in [-0.4, -0.2) is 24.9 Å². The number of carbonyl (C=O) groups is 2. The summed E-state index contributed by atoms with van der Waals surface area (Å²) >= 11 is 3.03. The van der Waals surface area contributed by atoms with Crippen molar-refractivity contribution in [2.24, 2.45) is 0 Å². The molecule has 0 fully saturated rings. The Morgan fingerprint density at radius 3 is 2.35 bits per heavy atom. The number of carbonyl (C=O) groups excluding carboxylic acids is 2. The van der Waals surface area contributed by atoms with Crippen molar-refractivity contribution in [2.45, 2.75) is 13.1 Å². The fourth-order valence-electron chi connectivity index (χ4n) is 1.39. The predicted molar refractivity (Wildman–Crippen MR) is 70.2 cm³/mol. The third kappa shape index (κ3) is 4.84. The fourth-order valence-corrected chi connectivity index (χ4v) is 1.81. The van der Waals surface area contributed by atoms with E-state index in [0.29, 0.717) is 0 Å². The Morgan fingerprint density at radius 2 is 1.80 bits per heavy atom. The van der Waals surface area contributed by atoms with Crippen molar-refractivity contribution in [2.75, 3.05) is 13.1 Å². The van der Waals surface area contributed by atoms with Crippen molar-refractivity contribution in [1.82, 2.24) is 10.6 Å². The number of hydrogen-bond donors (Lipinski definition) is 2. The molecular weight excluding hydrogens is 341 g/mol. The van der Waals surface area contributed by atoms with Gasteiger partial charge in [0.1, 0.15) is 0 Å². The maximum atomic E-state index is 12.6. The zero-order chi connectivity index (χ0) is 15.3. The van der Waals surface area contributed by atoms with E-state index in [-0.39, 0.29) is 29.0 Å². The highest BCUT2D eigenvalue weighted by Gasteiger charge is 2.31. The first-order valence-electron chi connectivity index (χ1n) is 5.61. The molecule has 0 heterocycles. The molecule has 0 aliphatic heterocycles. The standard InChI is InChI=1S/C12H12BrF3N2O2/c1-7(19)17-4-5-18-11(20)9-6-8(12(14,15)16)2-3-10(9)13/h2-3,6H,4-5H2,1H3,(H,17,19)(H,18,20). The maximum absolute atomic E-state index is 12.6. The second-order valence-corrected chi connectivity index (χ2v) is 4.79. The van der Waals surface area contributed by atoms with Crippen molar-refractivity contribution in [1.29, 1.82) is 0 Å². The molecule has 0 atom stereocenters. The van der Waals surface area contributed by atoms with Gasteiger partial charge in [0, 0.05) is 24.5 Å². The molecule has 20 heavy (non-hydrogen) atoms. The Labute approximate surface area is 121 Å². The molecule has 4 nitrogen and oxygen atoms in total. The lowest BCUT2D eigenvalue weighted by Crippen LogP contribution is -2.33. The second kappa shape index (κ2) is 6.74. The minimum atomic E-state index is -4.51. The summed E-state index contributed by atoms with van der Waals surface area (Å²) in [7, 11) is 0. The molecule has 1 aromatic carbocycles. The summed E-state index contributed by atoms with van der Waals surface area (Å²) in [6.07, 6.45) is -4.51. The average molecular weight is 353 g/mol. The monoisotopic (exact) mass is 352 g/mol. The summed E-state index contributed by atoms with van der Waals surface area (Å²) in [6, 6.07) is 2.83. The summed E-state index contributed by atoms with van der Waals surface area (Å²) in [4.78, 5) is 22.4. The molecule has 1 aromatic rings. The topological polar surface area (TPSA) is 58.2 Å². The molecule has 0 bridgehead atoms. The predicted octanol–water partition coefficient (Wildman–Crippen LogP) is 2.33. The van der Waals surface area contributed by atoms with E-state index < -0.39 is 17.6 Å². The van der Waals surface area contributed by atoms with E-state index in [2.05, 4.69) is 26.6 Å². The van der Waals surface area contributed by atoms with Crippen LogP contribution in [0.25, 0.3) is 0 Å². The summed E-state index contributed by atoms with van der Waals surface area (Å²) in [5.74, 6) is -0.896. The van der Waals surface area contributed by atoms with Gasteiger partial charge in [0.15, 0.2) is 0 Å². The van der Waals surface area contributed by atoms with Crippen LogP contribution in [-0.2, 0) is 11.0 Å². The highest BCUT2D eigenvalue weighted by Crippen LogP contribution is 2.31. The van der Waals surface area contributed by atoms with Gasteiger partial charge in [-0.25, -0.2) is 0 Å². The van der Waals surface area contributed by atoms with Gasteiger partial charge in [-0.3, -0.25) is 9.59 Å². The van der Waals surface area contributed by atoms with E-state index in [1.165, 1.54) is 13.0 Å². The van der Waals surface area contributed by atoms with Crippen LogP contribution in [0.5, 0.6) is 0 Å². The Kier molecular flexibility index (Phi) is 5.55. The number of benzene rings is 1. The highest BCUT2D eigenvalue weighted by molar-refractivity contribution is 9.10. The van der Waals surface area contributed by atoms with E-state index in [9.17, 15) is 22.8 Å². The van der Waals surface area contributed by atoms with Crippen LogP contribution < -0.4 is 10.6 Å². The molecule has 0 radical (unpaired) electrons. The van der Waals surface area contributed by atoms with Crippen LogP contribution in [0.4, 0.5) is 13.2 Å². The van der Waals surface area contributed by atoms with Gasteiger partial charge in [0.2, 0.25) is 5.91 Å². The minimum absolute atomic E-state index is 0.109. The van der Waals surface area contributed by atoms with Gasteiger partial charge in [-0.15, -0.1) is 0 Å². The Balaban J connectivity index is 2.74. The molecule has 0 aliphatic carbocycles. The quantitative estimate of drug-likeness (QED) is 0.817. The third-order valence-electron chi connectivity index (χ3n) is 2.32. The lowest BCUT2D eigenvalue weighted by atomic mass is 10.1. The fraction of sp³-hybridized carbons (Fsp3) is 0.333. The normalized spacial score (nSPS) is 11.1. The Bertz CT molecular complexity index is 518.